The number of benzene rings is 1. The molecule has 1 heterocycles. The van der Waals surface area contributed by atoms with E-state index in [0.29, 0.717) is 17.1 Å². The predicted molar refractivity (Wildman–Crippen MR) is 103 cm³/mol. The van der Waals surface area contributed by atoms with Crippen LogP contribution in [0.15, 0.2) is 29.6 Å². The number of ether oxygens (including phenoxy) is 2. The summed E-state index contributed by atoms with van der Waals surface area (Å²) in [5.74, 6) is 0.112. The maximum atomic E-state index is 12.7. The van der Waals surface area contributed by atoms with E-state index in [1.807, 2.05) is 5.38 Å². The zero-order valence-corrected chi connectivity index (χ0v) is 16.3. The first-order chi connectivity index (χ1) is 12.9. The topological polar surface area (TPSA) is 84.9 Å². The summed E-state index contributed by atoms with van der Waals surface area (Å²) >= 11 is 1.67. The molecule has 3 unspecified atom stereocenters. The first kappa shape index (κ1) is 19.2. The van der Waals surface area contributed by atoms with Gasteiger partial charge >= 0.3 is 5.97 Å². The third-order valence-corrected chi connectivity index (χ3v) is 6.03. The maximum Gasteiger partial charge on any atom is 0.305 e. The van der Waals surface area contributed by atoms with Crippen LogP contribution in [0.3, 0.4) is 0 Å². The number of methoxy groups -OCH3 is 2. The first-order valence-corrected chi connectivity index (χ1v) is 9.60. The molecule has 1 amide bonds. The van der Waals surface area contributed by atoms with Crippen LogP contribution in [0.2, 0.25) is 0 Å². The number of amides is 1. The van der Waals surface area contributed by atoms with Gasteiger partial charge in [-0.1, -0.05) is 0 Å². The summed E-state index contributed by atoms with van der Waals surface area (Å²) < 4.78 is 10.6. The average Bonchev–Trinajstić information content (AvgIpc) is 3.33. The van der Waals surface area contributed by atoms with Crippen molar-refractivity contribution < 1.29 is 24.2 Å². The molecule has 0 saturated heterocycles. The first-order valence-electron chi connectivity index (χ1n) is 8.72. The molecule has 0 aliphatic heterocycles. The van der Waals surface area contributed by atoms with Crippen LogP contribution < -0.4 is 14.8 Å². The lowest BCUT2D eigenvalue weighted by Gasteiger charge is -2.20. The van der Waals surface area contributed by atoms with E-state index in [4.69, 9.17) is 9.47 Å². The molecule has 0 spiro atoms. The monoisotopic (exact) mass is 389 g/mol. The summed E-state index contributed by atoms with van der Waals surface area (Å²) in [6, 6.07) is 6.54. The Hall–Kier alpha value is -2.54. The fourth-order valence-electron chi connectivity index (χ4n) is 3.34. The number of carboxylic acid groups (broad SMARTS) is 1. The van der Waals surface area contributed by atoms with Crippen molar-refractivity contribution >= 4 is 23.2 Å². The summed E-state index contributed by atoms with van der Waals surface area (Å²) in [6.07, 6.45) is 0.580. The van der Waals surface area contributed by atoms with E-state index in [-0.39, 0.29) is 24.2 Å². The molecule has 0 bridgehead atoms. The summed E-state index contributed by atoms with van der Waals surface area (Å²) in [6.45, 7) is 2.05. The van der Waals surface area contributed by atoms with E-state index in [1.54, 1.807) is 36.6 Å². The van der Waals surface area contributed by atoms with E-state index in [2.05, 4.69) is 18.3 Å². The van der Waals surface area contributed by atoms with E-state index in [0.717, 1.165) is 6.42 Å². The Morgan fingerprint density at radius 2 is 2.07 bits per heavy atom. The molecule has 1 fully saturated rings. The molecule has 0 radical (unpaired) electrons. The zero-order valence-electron chi connectivity index (χ0n) is 15.5. The summed E-state index contributed by atoms with van der Waals surface area (Å²) in [5.41, 5.74) is 1.83. The molecular formula is C20H23NO5S. The smallest absolute Gasteiger partial charge is 0.305 e. The van der Waals surface area contributed by atoms with Crippen LogP contribution in [0.25, 0.3) is 0 Å². The van der Waals surface area contributed by atoms with Gasteiger partial charge in [-0.2, -0.15) is 0 Å². The van der Waals surface area contributed by atoms with Crippen LogP contribution in [-0.4, -0.2) is 31.2 Å². The van der Waals surface area contributed by atoms with Crippen LogP contribution in [-0.2, 0) is 9.59 Å². The van der Waals surface area contributed by atoms with E-state index >= 15 is 0 Å². The zero-order chi connectivity index (χ0) is 19.6. The molecular weight excluding hydrogens is 366 g/mol. The van der Waals surface area contributed by atoms with Gasteiger partial charge in [0.25, 0.3) is 0 Å². The normalized spacial score (nSPS) is 19.2. The minimum absolute atomic E-state index is 0.108. The molecule has 7 heteroatoms. The number of nitrogens with one attached hydrogen (secondary N) is 1. The predicted octanol–water partition coefficient (Wildman–Crippen LogP) is 3.51. The number of hydrogen-bond acceptors (Lipinski definition) is 5. The second-order valence-corrected chi connectivity index (χ2v) is 7.63. The van der Waals surface area contributed by atoms with Gasteiger partial charge in [-0.3, -0.25) is 9.59 Å². The minimum atomic E-state index is -0.986. The van der Waals surface area contributed by atoms with Crippen molar-refractivity contribution in [3.8, 4) is 11.5 Å². The van der Waals surface area contributed by atoms with E-state index in [1.165, 1.54) is 17.6 Å². The van der Waals surface area contributed by atoms with Crippen molar-refractivity contribution in [1.82, 2.24) is 5.32 Å². The Balaban J connectivity index is 1.77. The third kappa shape index (κ3) is 4.24. The molecule has 6 nitrogen and oxygen atoms in total. The van der Waals surface area contributed by atoms with Crippen molar-refractivity contribution in [3.05, 3.63) is 45.6 Å². The molecule has 1 aromatic carbocycles. The lowest BCUT2D eigenvalue weighted by atomic mass is 10.0. The summed E-state index contributed by atoms with van der Waals surface area (Å²) in [7, 11) is 3.05. The highest BCUT2D eigenvalue weighted by Gasteiger charge is 2.46. The highest BCUT2D eigenvalue weighted by atomic mass is 32.1. The quantitative estimate of drug-likeness (QED) is 0.722. The second-order valence-electron chi connectivity index (χ2n) is 6.68. The number of hydrogen-bond donors (Lipinski definition) is 2. The maximum absolute atomic E-state index is 12.7. The van der Waals surface area contributed by atoms with Crippen LogP contribution in [0.1, 0.15) is 40.8 Å². The largest absolute Gasteiger partial charge is 0.497 e. The highest BCUT2D eigenvalue weighted by molar-refractivity contribution is 7.10. The SMILES string of the molecule is COc1ccc(C(CC(=O)O)NC(=O)C2CC2c2sccc2C)c(OC)c1. The average molecular weight is 389 g/mol. The molecule has 1 saturated carbocycles. The van der Waals surface area contributed by atoms with Crippen LogP contribution in [0.4, 0.5) is 0 Å². The standard InChI is InChI=1S/C20H23NO5S/c1-11-6-7-27-19(11)14-9-15(14)20(24)21-16(10-18(22)23)13-5-4-12(25-2)8-17(13)26-3/h4-8,14-16H,9-10H2,1-3H3,(H,21,24)(H,22,23). The molecule has 1 aliphatic rings. The fraction of sp³-hybridized carbons (Fsp3) is 0.400. The summed E-state index contributed by atoms with van der Waals surface area (Å²) in [5, 5.41) is 14.2. The Morgan fingerprint density at radius 3 is 2.67 bits per heavy atom. The van der Waals surface area contributed by atoms with E-state index in [9.17, 15) is 14.7 Å². The minimum Gasteiger partial charge on any atom is -0.497 e. The van der Waals surface area contributed by atoms with Gasteiger partial charge in [0.2, 0.25) is 5.91 Å². The van der Waals surface area contributed by atoms with Crippen LogP contribution in [0, 0.1) is 12.8 Å². The molecule has 2 N–H and O–H groups in total. The number of carbonyl (C=O) groups excluding carboxylic acids is 1. The Bertz CT molecular complexity index is 847. The van der Waals surface area contributed by atoms with Crippen molar-refractivity contribution in [2.75, 3.05) is 14.2 Å². The Kier molecular flexibility index (Phi) is 5.70. The Labute approximate surface area is 162 Å². The van der Waals surface area contributed by atoms with Crippen molar-refractivity contribution in [1.29, 1.82) is 0 Å². The van der Waals surface area contributed by atoms with Crippen LogP contribution >= 0.6 is 11.3 Å². The lowest BCUT2D eigenvalue weighted by molar-refractivity contribution is -0.137. The molecule has 27 heavy (non-hydrogen) atoms. The van der Waals surface area contributed by atoms with Gasteiger partial charge in [-0.15, -0.1) is 11.3 Å². The molecule has 144 valence electrons. The van der Waals surface area contributed by atoms with Gasteiger partial charge in [0, 0.05) is 28.3 Å². The third-order valence-electron chi connectivity index (χ3n) is 4.88. The van der Waals surface area contributed by atoms with Crippen molar-refractivity contribution in [2.45, 2.75) is 31.7 Å². The Morgan fingerprint density at radius 1 is 1.30 bits per heavy atom. The van der Waals surface area contributed by atoms with Crippen molar-refractivity contribution in [3.63, 3.8) is 0 Å². The van der Waals surface area contributed by atoms with Gasteiger partial charge in [0.15, 0.2) is 0 Å². The summed E-state index contributed by atoms with van der Waals surface area (Å²) in [4.78, 5) is 25.3. The number of aliphatic carboxylic acids is 1. The highest BCUT2D eigenvalue weighted by Crippen LogP contribution is 2.50. The van der Waals surface area contributed by atoms with Gasteiger partial charge in [-0.05, 0) is 42.5 Å². The fourth-order valence-corrected chi connectivity index (χ4v) is 4.45. The van der Waals surface area contributed by atoms with Gasteiger partial charge in [0.1, 0.15) is 11.5 Å². The second kappa shape index (κ2) is 8.00. The number of thiophene rings is 1. The van der Waals surface area contributed by atoms with Crippen LogP contribution in [0.5, 0.6) is 11.5 Å². The lowest BCUT2D eigenvalue weighted by Crippen LogP contribution is -2.32. The van der Waals surface area contributed by atoms with Gasteiger partial charge in [-0.25, -0.2) is 0 Å². The number of rotatable bonds is 8. The van der Waals surface area contributed by atoms with Crippen molar-refractivity contribution in [2.24, 2.45) is 5.92 Å². The molecule has 1 aromatic heterocycles. The number of aryl methyl sites for hydroxylation is 1. The van der Waals surface area contributed by atoms with Gasteiger partial charge < -0.3 is 19.9 Å². The van der Waals surface area contributed by atoms with Gasteiger partial charge in [0.05, 0.1) is 26.7 Å². The number of carbonyl (C=O) groups is 2. The molecule has 1 aliphatic carbocycles. The molecule has 3 rings (SSSR count). The van der Waals surface area contributed by atoms with E-state index < -0.39 is 12.0 Å². The molecule has 3 atom stereocenters. The molecule has 2 aromatic rings. The number of carboxylic acids is 1.